The minimum atomic E-state index is -0.166. The van der Waals surface area contributed by atoms with E-state index >= 15 is 0 Å². The molecule has 30 heavy (non-hydrogen) atoms. The van der Waals surface area contributed by atoms with Crippen LogP contribution in [0.1, 0.15) is 44.1 Å². The van der Waals surface area contributed by atoms with Gasteiger partial charge in [0.25, 0.3) is 0 Å². The standard InChI is InChI=1S/C20H24N4O2S4/c1-4-7-27-19-23-16(29-11-14(25)22-18-21-6-8-28-18)15-12-9-20(3,5-2)26-10-13(12)30-17(15)24-19/h6,8H,4-5,7,9-11H2,1-3H3,(H,21,22,25)/t20-/m1/s1. The second kappa shape index (κ2) is 9.52. The van der Waals surface area contributed by atoms with E-state index in [2.05, 4.69) is 31.1 Å². The molecule has 1 N–H and O–H groups in total. The van der Waals surface area contributed by atoms with E-state index in [4.69, 9.17) is 14.7 Å². The molecule has 0 aliphatic carbocycles. The number of thiazole rings is 1. The van der Waals surface area contributed by atoms with Gasteiger partial charge in [0.15, 0.2) is 10.3 Å². The largest absolute Gasteiger partial charge is 0.369 e. The van der Waals surface area contributed by atoms with Gasteiger partial charge in [-0.2, -0.15) is 0 Å². The van der Waals surface area contributed by atoms with Gasteiger partial charge in [0.2, 0.25) is 5.91 Å². The van der Waals surface area contributed by atoms with Crippen LogP contribution in [0.5, 0.6) is 0 Å². The van der Waals surface area contributed by atoms with Crippen molar-refractivity contribution in [3.63, 3.8) is 0 Å². The van der Waals surface area contributed by atoms with Crippen LogP contribution in [0.4, 0.5) is 5.13 Å². The Morgan fingerprint density at radius 1 is 1.33 bits per heavy atom. The molecule has 6 nitrogen and oxygen atoms in total. The Morgan fingerprint density at radius 3 is 2.93 bits per heavy atom. The maximum Gasteiger partial charge on any atom is 0.236 e. The average Bonchev–Trinajstić information content (AvgIpc) is 3.37. The number of carbonyl (C=O) groups is 1. The third kappa shape index (κ3) is 4.83. The third-order valence-electron chi connectivity index (χ3n) is 4.98. The molecule has 0 aromatic carbocycles. The first-order valence-electron chi connectivity index (χ1n) is 9.92. The molecule has 0 unspecified atom stereocenters. The van der Waals surface area contributed by atoms with Crippen LogP contribution in [0.25, 0.3) is 10.2 Å². The maximum atomic E-state index is 12.4. The Labute approximate surface area is 192 Å². The first-order chi connectivity index (χ1) is 14.5. The summed E-state index contributed by atoms with van der Waals surface area (Å²) >= 11 is 6.26. The number of aromatic nitrogens is 3. The highest BCUT2D eigenvalue weighted by Crippen LogP contribution is 2.43. The molecular weight excluding hydrogens is 457 g/mol. The Morgan fingerprint density at radius 2 is 2.20 bits per heavy atom. The number of thioether (sulfide) groups is 2. The van der Waals surface area contributed by atoms with Crippen LogP contribution in [0, 0.1) is 0 Å². The molecule has 4 rings (SSSR count). The molecule has 1 aliphatic heterocycles. The minimum Gasteiger partial charge on any atom is -0.369 e. The molecular formula is C20H24N4O2S4. The summed E-state index contributed by atoms with van der Waals surface area (Å²) in [6, 6.07) is 0. The van der Waals surface area contributed by atoms with E-state index in [0.717, 1.165) is 45.4 Å². The lowest BCUT2D eigenvalue weighted by Gasteiger charge is -2.33. The molecule has 10 heteroatoms. The van der Waals surface area contributed by atoms with Crippen LogP contribution < -0.4 is 5.32 Å². The van der Waals surface area contributed by atoms with Crippen LogP contribution in [0.2, 0.25) is 0 Å². The second-order valence-corrected chi connectivity index (χ2v) is 11.3. The van der Waals surface area contributed by atoms with Crippen LogP contribution in [-0.2, 0) is 22.6 Å². The summed E-state index contributed by atoms with van der Waals surface area (Å²) in [5.74, 6) is 1.19. The van der Waals surface area contributed by atoms with Gasteiger partial charge in [-0.05, 0) is 25.3 Å². The molecule has 0 fully saturated rings. The highest BCUT2D eigenvalue weighted by Gasteiger charge is 2.33. The predicted octanol–water partition coefficient (Wildman–Crippen LogP) is 5.62. The van der Waals surface area contributed by atoms with E-state index in [9.17, 15) is 4.79 Å². The van der Waals surface area contributed by atoms with Crippen molar-refractivity contribution in [1.82, 2.24) is 15.0 Å². The van der Waals surface area contributed by atoms with Crippen molar-refractivity contribution >= 4 is 67.5 Å². The number of anilines is 1. The van der Waals surface area contributed by atoms with Crippen molar-refractivity contribution < 1.29 is 9.53 Å². The molecule has 160 valence electrons. The van der Waals surface area contributed by atoms with Crippen LogP contribution >= 0.6 is 46.2 Å². The highest BCUT2D eigenvalue weighted by atomic mass is 32.2. The summed E-state index contributed by atoms with van der Waals surface area (Å²) in [5, 5.41) is 8.10. The van der Waals surface area contributed by atoms with Crippen molar-refractivity contribution in [2.45, 2.75) is 62.4 Å². The number of hydrogen-bond donors (Lipinski definition) is 1. The van der Waals surface area contributed by atoms with E-state index in [1.165, 1.54) is 33.5 Å². The number of carbonyl (C=O) groups excluding carboxylic acids is 1. The van der Waals surface area contributed by atoms with Crippen molar-refractivity contribution in [3.05, 3.63) is 22.0 Å². The van der Waals surface area contributed by atoms with Gasteiger partial charge in [-0.1, -0.05) is 37.4 Å². The zero-order valence-corrected chi connectivity index (χ0v) is 20.5. The van der Waals surface area contributed by atoms with Gasteiger partial charge in [0.05, 0.1) is 18.0 Å². The van der Waals surface area contributed by atoms with Gasteiger partial charge in [-0.15, -0.1) is 22.7 Å². The van der Waals surface area contributed by atoms with E-state index in [-0.39, 0.29) is 17.3 Å². The molecule has 1 aliphatic rings. The Kier molecular flexibility index (Phi) is 6.98. The Bertz CT molecular complexity index is 1040. The fourth-order valence-corrected chi connectivity index (χ4v) is 6.57. The summed E-state index contributed by atoms with van der Waals surface area (Å²) in [7, 11) is 0. The van der Waals surface area contributed by atoms with Gasteiger partial charge in [0.1, 0.15) is 9.86 Å². The molecule has 4 heterocycles. The van der Waals surface area contributed by atoms with E-state index < -0.39 is 0 Å². The number of thiophene rings is 1. The Balaban J connectivity index is 1.64. The third-order valence-corrected chi connectivity index (χ3v) is 8.80. The number of fused-ring (bicyclic) bond motifs is 3. The topological polar surface area (TPSA) is 77.0 Å². The fraction of sp³-hybridized carbons (Fsp3) is 0.500. The normalized spacial score (nSPS) is 18.5. The van der Waals surface area contributed by atoms with Crippen molar-refractivity contribution in [2.24, 2.45) is 0 Å². The smallest absolute Gasteiger partial charge is 0.236 e. The number of hydrogen-bond acceptors (Lipinski definition) is 9. The fourth-order valence-electron chi connectivity index (χ4n) is 3.18. The quantitative estimate of drug-likeness (QED) is 0.255. The van der Waals surface area contributed by atoms with Crippen molar-refractivity contribution in [2.75, 3.05) is 16.8 Å². The lowest BCUT2D eigenvalue weighted by Crippen LogP contribution is -2.33. The molecule has 0 saturated carbocycles. The predicted molar refractivity (Wildman–Crippen MR) is 127 cm³/mol. The zero-order valence-electron chi connectivity index (χ0n) is 17.2. The van der Waals surface area contributed by atoms with E-state index in [1.807, 2.05) is 5.38 Å². The zero-order chi connectivity index (χ0) is 21.1. The molecule has 1 atom stereocenters. The van der Waals surface area contributed by atoms with Gasteiger partial charge >= 0.3 is 0 Å². The monoisotopic (exact) mass is 480 g/mol. The van der Waals surface area contributed by atoms with Crippen LogP contribution in [0.15, 0.2) is 21.8 Å². The SMILES string of the molecule is CCCSc1nc(SCC(=O)Nc2nccs2)c2c3c(sc2n1)CO[C@](C)(CC)C3. The number of ether oxygens (including phenoxy) is 1. The van der Waals surface area contributed by atoms with Gasteiger partial charge in [-0.25, -0.2) is 15.0 Å². The summed E-state index contributed by atoms with van der Waals surface area (Å²) < 4.78 is 6.14. The lowest BCUT2D eigenvalue weighted by molar-refractivity contribution is -0.113. The second-order valence-electron chi connectivity index (χ2n) is 7.29. The Hall–Kier alpha value is -1.20. The first kappa shape index (κ1) is 22.0. The molecule has 0 spiro atoms. The number of amides is 1. The highest BCUT2D eigenvalue weighted by molar-refractivity contribution is 8.00. The van der Waals surface area contributed by atoms with Crippen LogP contribution in [0.3, 0.4) is 0 Å². The van der Waals surface area contributed by atoms with Crippen molar-refractivity contribution in [1.29, 1.82) is 0 Å². The van der Waals surface area contributed by atoms with E-state index in [1.54, 1.807) is 29.3 Å². The van der Waals surface area contributed by atoms with Gasteiger partial charge < -0.3 is 10.1 Å². The van der Waals surface area contributed by atoms with Crippen molar-refractivity contribution in [3.8, 4) is 0 Å². The summed E-state index contributed by atoms with van der Waals surface area (Å²) in [6.45, 7) is 7.10. The number of rotatable bonds is 8. The molecule has 1 amide bonds. The number of nitrogens with one attached hydrogen (secondary N) is 1. The first-order valence-corrected chi connectivity index (χ1v) is 13.6. The summed E-state index contributed by atoms with van der Waals surface area (Å²) in [6.07, 6.45) is 4.55. The summed E-state index contributed by atoms with van der Waals surface area (Å²) in [5.41, 5.74) is 1.13. The van der Waals surface area contributed by atoms with Crippen LogP contribution in [-0.4, -0.2) is 38.0 Å². The minimum absolute atomic E-state index is 0.0738. The van der Waals surface area contributed by atoms with Gasteiger partial charge in [0, 0.05) is 34.0 Å². The van der Waals surface area contributed by atoms with E-state index in [0.29, 0.717) is 11.7 Å². The molecule has 3 aromatic heterocycles. The number of nitrogens with zero attached hydrogens (tertiary/aromatic N) is 3. The molecule has 0 radical (unpaired) electrons. The summed E-state index contributed by atoms with van der Waals surface area (Å²) in [4.78, 5) is 28.5. The average molecular weight is 481 g/mol. The van der Waals surface area contributed by atoms with Gasteiger partial charge in [-0.3, -0.25) is 4.79 Å². The molecule has 3 aromatic rings. The maximum absolute atomic E-state index is 12.4. The lowest BCUT2D eigenvalue weighted by atomic mass is 9.90. The molecule has 0 bridgehead atoms. The molecule has 0 saturated heterocycles.